The van der Waals surface area contributed by atoms with Crippen molar-refractivity contribution in [3.8, 4) is 11.4 Å². The number of hydrogen-bond donors (Lipinski definition) is 2. The fourth-order valence-electron chi connectivity index (χ4n) is 2.41. The molecule has 0 aliphatic carbocycles. The monoisotopic (exact) mass is 397 g/mol. The molecule has 0 fully saturated rings. The van der Waals surface area contributed by atoms with Gasteiger partial charge in [-0.25, -0.2) is 10.2 Å². The summed E-state index contributed by atoms with van der Waals surface area (Å²) >= 11 is 5.96. The van der Waals surface area contributed by atoms with Crippen LogP contribution in [0.3, 0.4) is 0 Å². The fraction of sp³-hybridized carbons (Fsp3) is 0.0500. The highest BCUT2D eigenvalue weighted by molar-refractivity contribution is 6.32. The number of carboxylic acids is 1. The second kappa shape index (κ2) is 8.88. The van der Waals surface area contributed by atoms with Gasteiger partial charge in [-0.15, -0.1) is 0 Å². The molecule has 0 bridgehead atoms. The minimum Gasteiger partial charge on any atom is -0.482 e. The third kappa shape index (κ3) is 4.77. The first-order chi connectivity index (χ1) is 13.5. The summed E-state index contributed by atoms with van der Waals surface area (Å²) in [5.41, 5.74) is 4.06. The molecule has 0 aliphatic rings. The molecule has 1 aromatic heterocycles. The zero-order valence-electron chi connectivity index (χ0n) is 14.6. The zero-order chi connectivity index (χ0) is 19.9. The summed E-state index contributed by atoms with van der Waals surface area (Å²) in [7, 11) is 0. The number of carboxylic acid groups (broad SMARTS) is 1. The SMILES string of the molecule is O=C(COc1ccccc1Cl)N/N=C/c1cccn1-c1ccc(C(=O)O)cc1. The molecule has 0 atom stereocenters. The number of benzene rings is 2. The van der Waals surface area contributed by atoms with Crippen LogP contribution in [-0.2, 0) is 4.79 Å². The van der Waals surface area contributed by atoms with E-state index in [0.29, 0.717) is 16.5 Å². The topological polar surface area (TPSA) is 92.9 Å². The summed E-state index contributed by atoms with van der Waals surface area (Å²) in [6.45, 7) is -0.223. The van der Waals surface area contributed by atoms with Crippen LogP contribution in [0, 0.1) is 0 Å². The number of para-hydroxylation sites is 1. The largest absolute Gasteiger partial charge is 0.482 e. The Bertz CT molecular complexity index is 1010. The van der Waals surface area contributed by atoms with E-state index in [1.54, 1.807) is 48.7 Å². The molecule has 0 radical (unpaired) electrons. The zero-order valence-corrected chi connectivity index (χ0v) is 15.3. The van der Waals surface area contributed by atoms with Gasteiger partial charge in [0.15, 0.2) is 6.61 Å². The third-order valence-electron chi connectivity index (χ3n) is 3.75. The molecule has 0 unspecified atom stereocenters. The summed E-state index contributed by atoms with van der Waals surface area (Å²) in [6, 6.07) is 16.9. The van der Waals surface area contributed by atoms with Crippen LogP contribution >= 0.6 is 11.6 Å². The summed E-state index contributed by atoms with van der Waals surface area (Å²) in [5, 5.41) is 13.3. The van der Waals surface area contributed by atoms with Gasteiger partial charge < -0.3 is 14.4 Å². The van der Waals surface area contributed by atoms with Gasteiger partial charge in [0.2, 0.25) is 0 Å². The maximum Gasteiger partial charge on any atom is 0.335 e. The number of amides is 1. The molecule has 1 heterocycles. The van der Waals surface area contributed by atoms with Crippen molar-refractivity contribution >= 4 is 29.7 Å². The van der Waals surface area contributed by atoms with Crippen molar-refractivity contribution in [2.45, 2.75) is 0 Å². The van der Waals surface area contributed by atoms with Crippen LogP contribution in [0.2, 0.25) is 5.02 Å². The van der Waals surface area contributed by atoms with Gasteiger partial charge in [0, 0.05) is 11.9 Å². The van der Waals surface area contributed by atoms with E-state index in [0.717, 1.165) is 5.69 Å². The lowest BCUT2D eigenvalue weighted by Crippen LogP contribution is -2.24. The number of carbonyl (C=O) groups is 2. The molecule has 3 aromatic rings. The van der Waals surface area contributed by atoms with Crippen LogP contribution in [-0.4, -0.2) is 34.4 Å². The van der Waals surface area contributed by atoms with Gasteiger partial charge in [-0.3, -0.25) is 4.79 Å². The van der Waals surface area contributed by atoms with Gasteiger partial charge in [0.05, 0.1) is 22.5 Å². The molecule has 2 aromatic carbocycles. The fourth-order valence-corrected chi connectivity index (χ4v) is 2.60. The van der Waals surface area contributed by atoms with Crippen molar-refractivity contribution in [1.82, 2.24) is 9.99 Å². The summed E-state index contributed by atoms with van der Waals surface area (Å²) in [5.74, 6) is -0.996. The summed E-state index contributed by atoms with van der Waals surface area (Å²) in [6.07, 6.45) is 3.29. The number of hydrogen-bond acceptors (Lipinski definition) is 4. The Morgan fingerprint density at radius 2 is 1.86 bits per heavy atom. The van der Waals surface area contributed by atoms with Crippen molar-refractivity contribution in [2.24, 2.45) is 5.10 Å². The van der Waals surface area contributed by atoms with E-state index < -0.39 is 11.9 Å². The molecule has 1 amide bonds. The Hall–Kier alpha value is -3.58. The predicted octanol–water partition coefficient (Wildman–Crippen LogP) is 3.36. The lowest BCUT2D eigenvalue weighted by Gasteiger charge is -2.07. The molecule has 8 heteroatoms. The number of hydrazone groups is 1. The Morgan fingerprint density at radius 3 is 2.57 bits per heavy atom. The first kappa shape index (κ1) is 19.2. The number of ether oxygens (including phenoxy) is 1. The number of nitrogens with zero attached hydrogens (tertiary/aromatic N) is 2. The predicted molar refractivity (Wildman–Crippen MR) is 105 cm³/mol. The van der Waals surface area contributed by atoms with E-state index in [4.69, 9.17) is 21.4 Å². The van der Waals surface area contributed by atoms with Gasteiger partial charge in [0.25, 0.3) is 5.91 Å². The molecular formula is C20H16ClN3O4. The van der Waals surface area contributed by atoms with Gasteiger partial charge in [-0.2, -0.15) is 5.10 Å². The van der Waals surface area contributed by atoms with Crippen LogP contribution in [0.1, 0.15) is 16.1 Å². The van der Waals surface area contributed by atoms with E-state index >= 15 is 0 Å². The quantitative estimate of drug-likeness (QED) is 0.472. The van der Waals surface area contributed by atoms with Crippen molar-refractivity contribution < 1.29 is 19.4 Å². The minimum absolute atomic E-state index is 0.205. The Labute approximate surface area is 165 Å². The van der Waals surface area contributed by atoms with Gasteiger partial charge in [-0.1, -0.05) is 23.7 Å². The number of rotatable bonds is 7. The van der Waals surface area contributed by atoms with Crippen LogP contribution in [0.25, 0.3) is 5.69 Å². The molecule has 7 nitrogen and oxygen atoms in total. The lowest BCUT2D eigenvalue weighted by atomic mass is 10.2. The number of carbonyl (C=O) groups excluding carboxylic acids is 1. The van der Waals surface area contributed by atoms with Crippen LogP contribution in [0.4, 0.5) is 0 Å². The van der Waals surface area contributed by atoms with Crippen molar-refractivity contribution in [3.05, 3.63) is 83.1 Å². The Kier molecular flexibility index (Phi) is 6.08. The number of nitrogens with one attached hydrogen (secondary N) is 1. The number of aromatic carboxylic acids is 1. The molecule has 0 aliphatic heterocycles. The van der Waals surface area contributed by atoms with Crippen LogP contribution in [0.5, 0.6) is 5.75 Å². The summed E-state index contributed by atoms with van der Waals surface area (Å²) < 4.78 is 7.15. The molecule has 0 saturated carbocycles. The molecule has 2 N–H and O–H groups in total. The molecule has 0 saturated heterocycles. The lowest BCUT2D eigenvalue weighted by molar-refractivity contribution is -0.123. The van der Waals surface area contributed by atoms with Crippen molar-refractivity contribution in [2.75, 3.05) is 6.61 Å². The smallest absolute Gasteiger partial charge is 0.335 e. The molecule has 3 rings (SSSR count). The van der Waals surface area contributed by atoms with Crippen LogP contribution in [0.15, 0.2) is 72.0 Å². The van der Waals surface area contributed by atoms with E-state index in [2.05, 4.69) is 10.5 Å². The molecule has 0 spiro atoms. The van der Waals surface area contributed by atoms with Gasteiger partial charge >= 0.3 is 5.97 Å². The second-order valence-corrected chi connectivity index (χ2v) is 6.07. The average molecular weight is 398 g/mol. The Morgan fingerprint density at radius 1 is 1.11 bits per heavy atom. The van der Waals surface area contributed by atoms with E-state index in [1.807, 2.05) is 10.6 Å². The van der Waals surface area contributed by atoms with Crippen LogP contribution < -0.4 is 10.2 Å². The van der Waals surface area contributed by atoms with Gasteiger partial charge in [-0.05, 0) is 48.5 Å². The highest BCUT2D eigenvalue weighted by Gasteiger charge is 2.06. The van der Waals surface area contributed by atoms with E-state index in [1.165, 1.54) is 18.3 Å². The van der Waals surface area contributed by atoms with E-state index in [-0.39, 0.29) is 12.2 Å². The third-order valence-corrected chi connectivity index (χ3v) is 4.07. The van der Waals surface area contributed by atoms with Crippen molar-refractivity contribution in [1.29, 1.82) is 0 Å². The molecule has 28 heavy (non-hydrogen) atoms. The maximum absolute atomic E-state index is 11.9. The highest BCUT2D eigenvalue weighted by atomic mass is 35.5. The first-order valence-corrected chi connectivity index (χ1v) is 8.63. The van der Waals surface area contributed by atoms with Gasteiger partial charge in [0.1, 0.15) is 5.75 Å². The Balaban J connectivity index is 1.59. The number of halogens is 1. The molecule has 142 valence electrons. The highest BCUT2D eigenvalue weighted by Crippen LogP contribution is 2.22. The molecular weight excluding hydrogens is 382 g/mol. The normalized spacial score (nSPS) is 10.8. The minimum atomic E-state index is -0.984. The standard InChI is InChI=1S/C20H16ClN3O4/c21-17-5-1-2-6-18(17)28-13-19(25)23-22-12-16-4-3-11-24(16)15-9-7-14(8-10-15)20(26)27/h1-12H,13H2,(H,23,25)(H,26,27)/b22-12+. The second-order valence-electron chi connectivity index (χ2n) is 5.67. The maximum atomic E-state index is 11.9. The average Bonchev–Trinajstić information content (AvgIpc) is 3.16. The number of aromatic nitrogens is 1. The first-order valence-electron chi connectivity index (χ1n) is 8.25. The summed E-state index contributed by atoms with van der Waals surface area (Å²) in [4.78, 5) is 22.8. The van der Waals surface area contributed by atoms with Crippen molar-refractivity contribution in [3.63, 3.8) is 0 Å². The van der Waals surface area contributed by atoms with E-state index in [9.17, 15) is 9.59 Å².